The van der Waals surface area contributed by atoms with Crippen molar-refractivity contribution in [3.63, 3.8) is 0 Å². The Kier molecular flexibility index (Phi) is 4.81. The van der Waals surface area contributed by atoms with Gasteiger partial charge in [-0.25, -0.2) is 0 Å². The molecule has 2 unspecified atom stereocenters. The molecule has 3 nitrogen and oxygen atoms in total. The molecule has 1 aromatic rings. The van der Waals surface area contributed by atoms with Crippen LogP contribution in [-0.4, -0.2) is 31.1 Å². The van der Waals surface area contributed by atoms with Gasteiger partial charge in [0.2, 0.25) is 0 Å². The van der Waals surface area contributed by atoms with E-state index in [0.29, 0.717) is 6.04 Å². The zero-order chi connectivity index (χ0) is 14.7. The van der Waals surface area contributed by atoms with Crippen LogP contribution in [0.15, 0.2) is 18.2 Å². The Morgan fingerprint density at radius 1 is 1.24 bits per heavy atom. The highest BCUT2D eigenvalue weighted by Crippen LogP contribution is 2.34. The molecule has 0 radical (unpaired) electrons. The van der Waals surface area contributed by atoms with Gasteiger partial charge in [0.25, 0.3) is 0 Å². The highest BCUT2D eigenvalue weighted by atomic mass is 16.5. The molecular weight excluding hydrogens is 260 g/mol. The van der Waals surface area contributed by atoms with E-state index in [4.69, 9.17) is 10.5 Å². The summed E-state index contributed by atoms with van der Waals surface area (Å²) in [4.78, 5) is 2.49. The molecule has 0 bridgehead atoms. The maximum Gasteiger partial charge on any atom is 0.122 e. The molecule has 1 saturated heterocycles. The average Bonchev–Trinajstić information content (AvgIpc) is 2.50. The predicted molar refractivity (Wildman–Crippen MR) is 86.7 cm³/mol. The van der Waals surface area contributed by atoms with E-state index in [1.807, 2.05) is 0 Å². The molecule has 0 spiro atoms. The average molecular weight is 288 g/mol. The van der Waals surface area contributed by atoms with Gasteiger partial charge in [-0.05, 0) is 69.3 Å². The fourth-order valence-electron chi connectivity index (χ4n) is 3.80. The maximum absolute atomic E-state index is 6.22. The maximum atomic E-state index is 6.22. The summed E-state index contributed by atoms with van der Waals surface area (Å²) in [7, 11) is 2.24. The molecule has 21 heavy (non-hydrogen) atoms. The lowest BCUT2D eigenvalue weighted by Crippen LogP contribution is -2.37. The van der Waals surface area contributed by atoms with Crippen molar-refractivity contribution in [2.24, 2.45) is 5.73 Å². The largest absolute Gasteiger partial charge is 0.493 e. The third-order valence-corrected chi connectivity index (χ3v) is 5.14. The number of piperidine rings is 1. The Morgan fingerprint density at radius 2 is 2.14 bits per heavy atom. The first kappa shape index (κ1) is 14.9. The van der Waals surface area contributed by atoms with Crippen LogP contribution >= 0.6 is 0 Å². The second kappa shape index (κ2) is 6.80. The van der Waals surface area contributed by atoms with E-state index in [-0.39, 0.29) is 6.04 Å². The first-order valence-corrected chi connectivity index (χ1v) is 8.46. The molecule has 1 aromatic carbocycles. The Balaban J connectivity index is 1.59. The van der Waals surface area contributed by atoms with Crippen molar-refractivity contribution in [3.05, 3.63) is 29.3 Å². The SMILES string of the molecule is CN1CCCCC1CCOc1cccc2c1CCCC2N. The number of likely N-dealkylation sites (tertiary alicyclic amines) is 1. The van der Waals surface area contributed by atoms with Crippen LogP contribution in [0.3, 0.4) is 0 Å². The van der Waals surface area contributed by atoms with Crippen molar-refractivity contribution in [3.8, 4) is 5.75 Å². The van der Waals surface area contributed by atoms with Crippen LogP contribution in [0.1, 0.15) is 55.7 Å². The summed E-state index contributed by atoms with van der Waals surface area (Å²) in [5.41, 5.74) is 8.87. The number of nitrogens with two attached hydrogens (primary N) is 1. The van der Waals surface area contributed by atoms with E-state index in [1.54, 1.807) is 0 Å². The first-order valence-electron chi connectivity index (χ1n) is 8.46. The highest BCUT2D eigenvalue weighted by Gasteiger charge is 2.21. The third-order valence-electron chi connectivity index (χ3n) is 5.14. The van der Waals surface area contributed by atoms with E-state index in [2.05, 4.69) is 30.1 Å². The summed E-state index contributed by atoms with van der Waals surface area (Å²) < 4.78 is 6.12. The molecule has 1 aliphatic carbocycles. The van der Waals surface area contributed by atoms with Gasteiger partial charge in [-0.1, -0.05) is 18.6 Å². The Morgan fingerprint density at radius 3 is 3.00 bits per heavy atom. The molecule has 1 heterocycles. The summed E-state index contributed by atoms with van der Waals surface area (Å²) in [6, 6.07) is 7.26. The quantitative estimate of drug-likeness (QED) is 0.924. The fraction of sp³-hybridized carbons (Fsp3) is 0.667. The van der Waals surface area contributed by atoms with Crippen LogP contribution in [-0.2, 0) is 6.42 Å². The smallest absolute Gasteiger partial charge is 0.122 e. The van der Waals surface area contributed by atoms with Crippen molar-refractivity contribution in [2.75, 3.05) is 20.2 Å². The molecule has 0 saturated carbocycles. The summed E-state index contributed by atoms with van der Waals surface area (Å²) in [6.07, 6.45) is 8.55. The molecule has 2 aliphatic rings. The third kappa shape index (κ3) is 3.41. The standard InChI is InChI=1S/C18H28N2O/c1-20-12-3-2-6-14(20)11-13-21-18-10-5-7-15-16(18)8-4-9-17(15)19/h5,7,10,14,17H,2-4,6,8-9,11-13,19H2,1H3. The molecule has 2 atom stereocenters. The van der Waals surface area contributed by atoms with Gasteiger partial charge in [-0.2, -0.15) is 0 Å². The molecule has 1 aliphatic heterocycles. The second-order valence-corrected chi connectivity index (χ2v) is 6.59. The Hall–Kier alpha value is -1.06. The minimum atomic E-state index is 0.196. The zero-order valence-electron chi connectivity index (χ0n) is 13.2. The summed E-state index contributed by atoms with van der Waals surface area (Å²) >= 11 is 0. The van der Waals surface area contributed by atoms with E-state index < -0.39 is 0 Å². The van der Waals surface area contributed by atoms with E-state index in [1.165, 1.54) is 43.4 Å². The second-order valence-electron chi connectivity index (χ2n) is 6.59. The Bertz CT molecular complexity index is 474. The van der Waals surface area contributed by atoms with Crippen molar-refractivity contribution in [1.29, 1.82) is 0 Å². The number of hydrogen-bond acceptors (Lipinski definition) is 3. The van der Waals surface area contributed by atoms with Gasteiger partial charge in [0.1, 0.15) is 5.75 Å². The molecular formula is C18H28N2O. The van der Waals surface area contributed by atoms with Crippen LogP contribution < -0.4 is 10.5 Å². The highest BCUT2D eigenvalue weighted by molar-refractivity contribution is 5.43. The van der Waals surface area contributed by atoms with Crippen molar-refractivity contribution in [2.45, 2.75) is 57.0 Å². The van der Waals surface area contributed by atoms with Gasteiger partial charge < -0.3 is 15.4 Å². The van der Waals surface area contributed by atoms with Crippen LogP contribution in [0.4, 0.5) is 0 Å². The summed E-state index contributed by atoms with van der Waals surface area (Å²) in [5.74, 6) is 1.07. The van der Waals surface area contributed by atoms with E-state index >= 15 is 0 Å². The zero-order valence-corrected chi connectivity index (χ0v) is 13.2. The van der Waals surface area contributed by atoms with E-state index in [0.717, 1.165) is 31.6 Å². The van der Waals surface area contributed by atoms with Crippen molar-refractivity contribution >= 4 is 0 Å². The normalized spacial score (nSPS) is 26.4. The van der Waals surface area contributed by atoms with Gasteiger partial charge in [0.15, 0.2) is 0 Å². The van der Waals surface area contributed by atoms with Crippen LogP contribution in [0.5, 0.6) is 5.75 Å². The fourth-order valence-corrected chi connectivity index (χ4v) is 3.80. The Labute approximate surface area is 128 Å². The number of benzene rings is 1. The monoisotopic (exact) mass is 288 g/mol. The molecule has 0 aromatic heterocycles. The summed E-state index contributed by atoms with van der Waals surface area (Å²) in [6.45, 7) is 2.06. The molecule has 2 N–H and O–H groups in total. The van der Waals surface area contributed by atoms with Gasteiger partial charge in [-0.15, -0.1) is 0 Å². The lowest BCUT2D eigenvalue weighted by Gasteiger charge is -2.32. The van der Waals surface area contributed by atoms with E-state index in [9.17, 15) is 0 Å². The molecule has 3 rings (SSSR count). The van der Waals surface area contributed by atoms with Gasteiger partial charge in [0, 0.05) is 12.1 Å². The lowest BCUT2D eigenvalue weighted by atomic mass is 9.87. The first-order chi connectivity index (χ1) is 10.3. The predicted octanol–water partition coefficient (Wildman–Crippen LogP) is 3.28. The van der Waals surface area contributed by atoms with Crippen LogP contribution in [0, 0.1) is 0 Å². The molecule has 116 valence electrons. The molecule has 0 amide bonds. The minimum absolute atomic E-state index is 0.196. The number of ether oxygens (including phenoxy) is 1. The van der Waals surface area contributed by atoms with Gasteiger partial charge >= 0.3 is 0 Å². The van der Waals surface area contributed by atoms with Crippen LogP contribution in [0.2, 0.25) is 0 Å². The molecule has 3 heteroatoms. The number of fused-ring (bicyclic) bond motifs is 1. The number of nitrogens with zero attached hydrogens (tertiary/aromatic N) is 1. The number of hydrogen-bond donors (Lipinski definition) is 1. The topological polar surface area (TPSA) is 38.5 Å². The number of rotatable bonds is 4. The van der Waals surface area contributed by atoms with Crippen LogP contribution in [0.25, 0.3) is 0 Å². The molecule has 1 fully saturated rings. The van der Waals surface area contributed by atoms with Crippen molar-refractivity contribution in [1.82, 2.24) is 4.90 Å². The lowest BCUT2D eigenvalue weighted by molar-refractivity contribution is 0.152. The van der Waals surface area contributed by atoms with Crippen molar-refractivity contribution < 1.29 is 4.74 Å². The summed E-state index contributed by atoms with van der Waals surface area (Å²) in [5, 5.41) is 0. The van der Waals surface area contributed by atoms with Gasteiger partial charge in [0.05, 0.1) is 6.61 Å². The minimum Gasteiger partial charge on any atom is -0.493 e. The van der Waals surface area contributed by atoms with Gasteiger partial charge in [-0.3, -0.25) is 0 Å².